The summed E-state index contributed by atoms with van der Waals surface area (Å²) in [7, 11) is -4.79. The van der Waals surface area contributed by atoms with Crippen molar-refractivity contribution in [3.8, 4) is 11.5 Å². The van der Waals surface area contributed by atoms with Gasteiger partial charge in [0.2, 0.25) is 5.91 Å². The summed E-state index contributed by atoms with van der Waals surface area (Å²) in [6, 6.07) is 19.3. The number of rotatable bonds is 18. The van der Waals surface area contributed by atoms with Crippen LogP contribution in [0.3, 0.4) is 0 Å². The van der Waals surface area contributed by atoms with Gasteiger partial charge < -0.3 is 34.3 Å². The third-order valence-corrected chi connectivity index (χ3v) is 8.60. The molecule has 0 aliphatic heterocycles. The van der Waals surface area contributed by atoms with Crippen LogP contribution in [0, 0.1) is 0 Å². The number of unbranched alkanes of at least 4 members (excludes halogenated alkanes) is 1. The molecule has 0 spiro atoms. The molecule has 1 atom stereocenters. The van der Waals surface area contributed by atoms with E-state index in [1.165, 1.54) is 38.1 Å². The molecule has 0 fully saturated rings. The van der Waals surface area contributed by atoms with Gasteiger partial charge in [-0.15, -0.1) is 0 Å². The molecule has 3 rings (SSSR count). The summed E-state index contributed by atoms with van der Waals surface area (Å²) in [5.74, 6) is 0.131. The van der Waals surface area contributed by atoms with E-state index in [1.807, 2.05) is 6.07 Å². The second-order valence-electron chi connectivity index (χ2n) is 9.88. The van der Waals surface area contributed by atoms with Gasteiger partial charge in [0.1, 0.15) is 24.1 Å². The van der Waals surface area contributed by atoms with Crippen LogP contribution in [0.2, 0.25) is 0 Å². The summed E-state index contributed by atoms with van der Waals surface area (Å²) >= 11 is 0. The van der Waals surface area contributed by atoms with Gasteiger partial charge in [0.15, 0.2) is 0 Å². The summed E-state index contributed by atoms with van der Waals surface area (Å²) in [6.07, 6.45) is 0.318. The smallest absolute Gasteiger partial charge is 0.408 e. The highest BCUT2D eigenvalue weighted by atomic mass is 31.2. The third-order valence-electron chi connectivity index (χ3n) is 6.46. The maximum absolute atomic E-state index is 15.2. The molecule has 0 bridgehead atoms. The largest absolute Gasteiger partial charge is 0.508 e. The lowest BCUT2D eigenvalue weighted by Gasteiger charge is -2.26. The van der Waals surface area contributed by atoms with Crippen molar-refractivity contribution in [1.29, 1.82) is 0 Å². The topological polar surface area (TPSA) is 132 Å². The second-order valence-corrected chi connectivity index (χ2v) is 12.0. The second kappa shape index (κ2) is 17.5. The number of ether oxygens (including phenoxy) is 2. The summed E-state index contributed by atoms with van der Waals surface area (Å²) in [5.41, 5.74) is -3.26. The van der Waals surface area contributed by atoms with Gasteiger partial charge in [-0.05, 0) is 49.9 Å². The van der Waals surface area contributed by atoms with Crippen LogP contribution in [0.5, 0.6) is 11.5 Å². The standard InChI is InChI=1S/C32H39F2N2O8P/c1-3-43-45(40,44-4-2)32(33,34)26-17-15-24(16-18-26)21-29(36-31(39)42-23-25-11-6-5-7-12-25)30(38)35-19-8-9-20-41-28-14-10-13-27(37)22-28/h5-7,10-18,22,29,37H,3-4,8-9,19-21,23H2,1-2H3,(H,35,38)(H,36,39)/t29-/m0/s1. The third kappa shape index (κ3) is 10.8. The van der Waals surface area contributed by atoms with Gasteiger partial charge in [-0.2, -0.15) is 8.78 Å². The lowest BCUT2D eigenvalue weighted by Crippen LogP contribution is -2.48. The van der Waals surface area contributed by atoms with Crippen LogP contribution < -0.4 is 15.4 Å². The van der Waals surface area contributed by atoms with Crippen molar-refractivity contribution in [3.63, 3.8) is 0 Å². The minimum absolute atomic E-state index is 0.0102. The molecule has 0 saturated heterocycles. The summed E-state index contributed by atoms with van der Waals surface area (Å²) in [4.78, 5) is 25.7. The van der Waals surface area contributed by atoms with E-state index in [1.54, 1.807) is 36.4 Å². The van der Waals surface area contributed by atoms with Crippen molar-refractivity contribution in [2.75, 3.05) is 26.4 Å². The Labute approximate surface area is 261 Å². The van der Waals surface area contributed by atoms with E-state index in [4.69, 9.17) is 18.5 Å². The number of amides is 2. The molecule has 13 heteroatoms. The zero-order valence-electron chi connectivity index (χ0n) is 25.2. The van der Waals surface area contributed by atoms with Gasteiger partial charge in [0.25, 0.3) is 0 Å². The van der Waals surface area contributed by atoms with Crippen LogP contribution in [0.15, 0.2) is 78.9 Å². The number of alkyl carbamates (subject to hydrolysis) is 1. The molecule has 2 amide bonds. The molecule has 0 saturated carbocycles. The Kier molecular flexibility index (Phi) is 13.8. The van der Waals surface area contributed by atoms with Crippen LogP contribution in [-0.4, -0.2) is 49.5 Å². The highest BCUT2D eigenvalue weighted by Gasteiger charge is 2.54. The van der Waals surface area contributed by atoms with Crippen molar-refractivity contribution in [1.82, 2.24) is 10.6 Å². The minimum Gasteiger partial charge on any atom is -0.508 e. The SMILES string of the molecule is CCOP(=O)(OCC)C(F)(F)c1ccc(C[C@H](NC(=O)OCc2ccccc2)C(=O)NCCCCOc2cccc(O)c2)cc1. The molecule has 10 nitrogen and oxygen atoms in total. The Morgan fingerprint density at radius 1 is 0.911 bits per heavy atom. The molecule has 0 aromatic heterocycles. The molecule has 244 valence electrons. The molecule has 0 unspecified atom stereocenters. The quantitative estimate of drug-likeness (QED) is 0.105. The number of carbonyl (C=O) groups excluding carboxylic acids is 2. The van der Waals surface area contributed by atoms with Gasteiger partial charge in [-0.3, -0.25) is 9.36 Å². The predicted molar refractivity (Wildman–Crippen MR) is 164 cm³/mol. The summed E-state index contributed by atoms with van der Waals surface area (Å²) < 4.78 is 63.7. The number of carbonyl (C=O) groups is 2. The Morgan fingerprint density at radius 3 is 2.24 bits per heavy atom. The molecule has 0 radical (unpaired) electrons. The number of phenols is 1. The molecule has 0 aliphatic carbocycles. The van der Waals surface area contributed by atoms with Crippen LogP contribution in [0.25, 0.3) is 0 Å². The molecular formula is C32H39F2N2O8P. The number of nitrogens with one attached hydrogen (secondary N) is 2. The number of phenolic OH excluding ortho intramolecular Hbond substituents is 1. The predicted octanol–water partition coefficient (Wildman–Crippen LogP) is 6.52. The van der Waals surface area contributed by atoms with Gasteiger partial charge in [-0.25, -0.2) is 4.79 Å². The maximum Gasteiger partial charge on any atom is 0.408 e. The van der Waals surface area contributed by atoms with Crippen molar-refractivity contribution < 1.29 is 46.6 Å². The van der Waals surface area contributed by atoms with Gasteiger partial charge in [0, 0.05) is 24.6 Å². The summed E-state index contributed by atoms with van der Waals surface area (Å²) in [5, 5.41) is 14.9. The van der Waals surface area contributed by atoms with E-state index < -0.39 is 36.9 Å². The van der Waals surface area contributed by atoms with Crippen LogP contribution in [-0.2, 0) is 41.8 Å². The first-order valence-electron chi connectivity index (χ1n) is 14.6. The number of alkyl halides is 2. The van der Waals surface area contributed by atoms with Crippen molar-refractivity contribution in [3.05, 3.63) is 95.6 Å². The van der Waals surface area contributed by atoms with Crippen LogP contribution in [0.1, 0.15) is 43.4 Å². The Morgan fingerprint density at radius 2 is 1.60 bits per heavy atom. The van der Waals surface area contributed by atoms with E-state index in [0.717, 1.165) is 17.7 Å². The van der Waals surface area contributed by atoms with Gasteiger partial charge >= 0.3 is 19.4 Å². The first-order chi connectivity index (χ1) is 21.6. The highest BCUT2D eigenvalue weighted by molar-refractivity contribution is 7.54. The molecule has 3 aromatic rings. The average molecular weight is 649 g/mol. The Balaban J connectivity index is 1.63. The van der Waals surface area contributed by atoms with E-state index in [2.05, 4.69) is 10.6 Å². The monoisotopic (exact) mass is 648 g/mol. The number of benzene rings is 3. The lowest BCUT2D eigenvalue weighted by atomic mass is 10.0. The van der Waals surface area contributed by atoms with E-state index in [-0.39, 0.29) is 38.5 Å². The number of hydrogen-bond donors (Lipinski definition) is 3. The fourth-order valence-electron chi connectivity index (χ4n) is 4.22. The van der Waals surface area contributed by atoms with Crippen LogP contribution >= 0.6 is 7.60 Å². The first kappa shape index (κ1) is 35.5. The molecule has 3 N–H and O–H groups in total. The Bertz CT molecular complexity index is 1400. The lowest BCUT2D eigenvalue weighted by molar-refractivity contribution is -0.123. The first-order valence-corrected chi connectivity index (χ1v) is 16.2. The fourth-order valence-corrected chi connectivity index (χ4v) is 5.76. The van der Waals surface area contributed by atoms with E-state index >= 15 is 8.78 Å². The molecule has 45 heavy (non-hydrogen) atoms. The zero-order valence-corrected chi connectivity index (χ0v) is 26.1. The van der Waals surface area contributed by atoms with Crippen molar-refractivity contribution in [2.24, 2.45) is 0 Å². The van der Waals surface area contributed by atoms with Crippen molar-refractivity contribution >= 4 is 19.6 Å². The summed E-state index contributed by atoms with van der Waals surface area (Å²) in [6.45, 7) is 3.08. The molecule has 0 aliphatic rings. The van der Waals surface area contributed by atoms with Gasteiger partial charge in [0.05, 0.1) is 19.8 Å². The number of aromatic hydroxyl groups is 1. The van der Waals surface area contributed by atoms with E-state index in [9.17, 15) is 19.3 Å². The fraction of sp³-hybridized carbons (Fsp3) is 0.375. The highest BCUT2D eigenvalue weighted by Crippen LogP contribution is 2.66. The van der Waals surface area contributed by atoms with E-state index in [0.29, 0.717) is 30.8 Å². The number of hydrogen-bond acceptors (Lipinski definition) is 8. The normalized spacial score (nSPS) is 12.3. The minimum atomic E-state index is -4.79. The number of halogens is 2. The molecule has 0 heterocycles. The van der Waals surface area contributed by atoms with Crippen LogP contribution in [0.4, 0.5) is 13.6 Å². The molecular weight excluding hydrogens is 609 g/mol. The van der Waals surface area contributed by atoms with Gasteiger partial charge in [-0.1, -0.05) is 60.7 Å². The average Bonchev–Trinajstić information content (AvgIpc) is 3.02. The van der Waals surface area contributed by atoms with Crippen molar-refractivity contribution in [2.45, 2.75) is 51.4 Å². The maximum atomic E-state index is 15.2. The Hall–Kier alpha value is -3.99. The zero-order chi connectivity index (χ0) is 32.7. The molecule has 3 aromatic carbocycles.